The maximum Gasteiger partial charge on any atom is 0.506 e. The van der Waals surface area contributed by atoms with Gasteiger partial charge in [0.25, 0.3) is 0 Å². The first-order valence-corrected chi connectivity index (χ1v) is 7.43. The van der Waals surface area contributed by atoms with Gasteiger partial charge in [-0.25, -0.2) is 14.8 Å². The van der Waals surface area contributed by atoms with Gasteiger partial charge in [-0.1, -0.05) is 0 Å². The highest BCUT2D eigenvalue weighted by Gasteiger charge is 2.24. The molecule has 8 nitrogen and oxygen atoms in total. The van der Waals surface area contributed by atoms with E-state index in [1.165, 1.54) is 0 Å². The summed E-state index contributed by atoms with van der Waals surface area (Å²) in [6.45, 7) is 1.40. The number of piperidine rings is 1. The van der Waals surface area contributed by atoms with Crippen LogP contribution in [0.2, 0.25) is 0 Å². The topological polar surface area (TPSA) is 104 Å². The van der Waals surface area contributed by atoms with Crippen molar-refractivity contribution < 1.29 is 14.6 Å². The molecule has 0 aromatic carbocycles. The Hall–Kier alpha value is -2.90. The van der Waals surface area contributed by atoms with Gasteiger partial charge >= 0.3 is 6.16 Å². The predicted molar refractivity (Wildman–Crippen MR) is 83.5 cm³/mol. The molecule has 3 aromatic heterocycles. The fraction of sp³-hybridized carbons (Fsp3) is 0.333. The van der Waals surface area contributed by atoms with Crippen LogP contribution in [-0.4, -0.2) is 50.6 Å². The number of aromatic nitrogens is 4. The lowest BCUT2D eigenvalue weighted by Gasteiger charge is -2.32. The molecule has 23 heavy (non-hydrogen) atoms. The van der Waals surface area contributed by atoms with Gasteiger partial charge in [0, 0.05) is 54.5 Å². The highest BCUT2D eigenvalue weighted by Crippen LogP contribution is 2.31. The summed E-state index contributed by atoms with van der Waals surface area (Å²) in [6, 6.07) is 1.95. The van der Waals surface area contributed by atoms with E-state index in [1.54, 1.807) is 18.6 Å². The Morgan fingerprint density at radius 3 is 2.91 bits per heavy atom. The molecule has 0 atom stereocenters. The van der Waals surface area contributed by atoms with E-state index in [0.717, 1.165) is 22.0 Å². The Kier molecular flexibility index (Phi) is 3.22. The van der Waals surface area contributed by atoms with Crippen molar-refractivity contribution in [1.82, 2.24) is 20.2 Å². The summed E-state index contributed by atoms with van der Waals surface area (Å²) in [5, 5.41) is 19.0. The number of rotatable bonds is 2. The Labute approximate surface area is 131 Å². The van der Waals surface area contributed by atoms with E-state index in [9.17, 15) is 4.79 Å². The lowest BCUT2D eigenvalue weighted by molar-refractivity contribution is 0.0415. The summed E-state index contributed by atoms with van der Waals surface area (Å²) in [6.07, 6.45) is 5.13. The number of ether oxygens (including phenoxy) is 1. The quantitative estimate of drug-likeness (QED) is 0.699. The monoisotopic (exact) mass is 313 g/mol. The molecule has 4 rings (SSSR count). The number of hydrogen-bond donors (Lipinski definition) is 2. The third-order valence-electron chi connectivity index (χ3n) is 4.20. The summed E-state index contributed by atoms with van der Waals surface area (Å²) >= 11 is 0. The van der Waals surface area contributed by atoms with Crippen molar-refractivity contribution in [3.8, 4) is 0 Å². The number of carbonyl (C=O) groups is 1. The second-order valence-electron chi connectivity index (χ2n) is 5.56. The number of fused-ring (bicyclic) bond motifs is 3. The Morgan fingerprint density at radius 2 is 2.13 bits per heavy atom. The van der Waals surface area contributed by atoms with Gasteiger partial charge < -0.3 is 14.7 Å². The predicted octanol–water partition coefficient (Wildman–Crippen LogP) is 2.17. The minimum absolute atomic E-state index is 0.242. The zero-order valence-electron chi connectivity index (χ0n) is 12.3. The summed E-state index contributed by atoms with van der Waals surface area (Å²) in [7, 11) is 0. The van der Waals surface area contributed by atoms with Crippen molar-refractivity contribution in [2.45, 2.75) is 18.9 Å². The van der Waals surface area contributed by atoms with Crippen LogP contribution in [0.3, 0.4) is 0 Å². The van der Waals surface area contributed by atoms with Crippen LogP contribution in [0, 0.1) is 0 Å². The van der Waals surface area contributed by atoms with Crippen LogP contribution in [0.5, 0.6) is 0 Å². The Balaban J connectivity index is 1.69. The highest BCUT2D eigenvalue weighted by atomic mass is 16.7. The summed E-state index contributed by atoms with van der Waals surface area (Å²) in [5.41, 5.74) is 0.711. The summed E-state index contributed by atoms with van der Waals surface area (Å²) in [5.74, 6) is 0.914. The maximum absolute atomic E-state index is 10.6. The van der Waals surface area contributed by atoms with E-state index >= 15 is 0 Å². The SMILES string of the molecule is O=C(O)OC1CCN(c2[nH]ncc3cnc4nccc4c23)CC1. The van der Waals surface area contributed by atoms with Crippen molar-refractivity contribution in [3.63, 3.8) is 0 Å². The largest absolute Gasteiger partial charge is 0.506 e. The number of aromatic amines is 1. The number of nitrogens with zero attached hydrogens (tertiary/aromatic N) is 4. The number of anilines is 1. The smallest absolute Gasteiger partial charge is 0.450 e. The molecule has 0 bridgehead atoms. The molecule has 3 aromatic rings. The standard InChI is InChI=1S/C15H15N5O3/c21-15(22)23-10-2-5-20(6-3-10)14-12-9(8-18-19-14)7-17-13-11(12)1-4-16-13/h1,4,7-8,10,19H,2-3,5-6H2,(H,21,22). The fourth-order valence-electron chi connectivity index (χ4n) is 3.12. The third kappa shape index (κ3) is 2.41. The van der Waals surface area contributed by atoms with E-state index < -0.39 is 6.16 Å². The molecule has 2 N–H and O–H groups in total. The molecule has 0 radical (unpaired) electrons. The molecule has 1 saturated heterocycles. The number of nitrogens with one attached hydrogen (secondary N) is 1. The molecular weight excluding hydrogens is 298 g/mol. The van der Waals surface area contributed by atoms with Gasteiger partial charge in [-0.05, 0) is 6.07 Å². The van der Waals surface area contributed by atoms with Crippen LogP contribution in [0.25, 0.3) is 21.8 Å². The fourth-order valence-corrected chi connectivity index (χ4v) is 3.12. The molecule has 4 heterocycles. The van der Waals surface area contributed by atoms with Gasteiger partial charge in [0.2, 0.25) is 0 Å². The maximum atomic E-state index is 10.6. The second kappa shape index (κ2) is 5.38. The van der Waals surface area contributed by atoms with Crippen LogP contribution in [0.15, 0.2) is 24.7 Å². The van der Waals surface area contributed by atoms with Gasteiger partial charge in [-0.3, -0.25) is 5.10 Å². The van der Waals surface area contributed by atoms with E-state index in [1.807, 2.05) is 6.07 Å². The van der Waals surface area contributed by atoms with E-state index in [2.05, 4.69) is 25.1 Å². The summed E-state index contributed by atoms with van der Waals surface area (Å²) < 4.78 is 4.86. The van der Waals surface area contributed by atoms with Crippen LogP contribution in [0.4, 0.5) is 10.6 Å². The lowest BCUT2D eigenvalue weighted by atomic mass is 10.1. The lowest BCUT2D eigenvalue weighted by Crippen LogP contribution is -2.38. The molecular formula is C15H15N5O3. The van der Waals surface area contributed by atoms with Gasteiger partial charge in [-0.15, -0.1) is 0 Å². The van der Waals surface area contributed by atoms with Crippen molar-refractivity contribution in [3.05, 3.63) is 24.7 Å². The minimum Gasteiger partial charge on any atom is -0.450 e. The van der Waals surface area contributed by atoms with Gasteiger partial charge in [0.1, 0.15) is 11.9 Å². The third-order valence-corrected chi connectivity index (χ3v) is 4.20. The molecule has 118 valence electrons. The molecule has 1 aliphatic rings. The number of H-pyrrole nitrogens is 1. The highest BCUT2D eigenvalue weighted by molar-refractivity contribution is 6.09. The average molecular weight is 313 g/mol. The average Bonchev–Trinajstić information content (AvgIpc) is 3.03. The molecule has 0 amide bonds. The number of hydrogen-bond acceptors (Lipinski definition) is 6. The van der Waals surface area contributed by atoms with Gasteiger partial charge in [0.15, 0.2) is 5.65 Å². The molecule has 1 fully saturated rings. The van der Waals surface area contributed by atoms with Crippen molar-refractivity contribution >= 4 is 33.8 Å². The van der Waals surface area contributed by atoms with Crippen LogP contribution >= 0.6 is 0 Å². The first-order valence-electron chi connectivity index (χ1n) is 7.43. The van der Waals surface area contributed by atoms with Gasteiger partial charge in [-0.2, -0.15) is 5.10 Å². The van der Waals surface area contributed by atoms with E-state index in [4.69, 9.17) is 9.84 Å². The Morgan fingerprint density at radius 1 is 1.30 bits per heavy atom. The second-order valence-corrected chi connectivity index (χ2v) is 5.56. The van der Waals surface area contributed by atoms with Crippen LogP contribution < -0.4 is 4.90 Å². The molecule has 8 heteroatoms. The molecule has 0 saturated carbocycles. The molecule has 0 spiro atoms. The first-order chi connectivity index (χ1) is 11.2. The van der Waals surface area contributed by atoms with Crippen LogP contribution in [-0.2, 0) is 4.74 Å². The van der Waals surface area contributed by atoms with E-state index in [0.29, 0.717) is 31.6 Å². The first kappa shape index (κ1) is 13.7. The van der Waals surface area contributed by atoms with Crippen molar-refractivity contribution in [1.29, 1.82) is 0 Å². The minimum atomic E-state index is -1.21. The van der Waals surface area contributed by atoms with Crippen molar-refractivity contribution in [2.24, 2.45) is 0 Å². The van der Waals surface area contributed by atoms with Crippen LogP contribution in [0.1, 0.15) is 12.8 Å². The van der Waals surface area contributed by atoms with Gasteiger partial charge in [0.05, 0.1) is 6.20 Å². The molecule has 0 unspecified atom stereocenters. The van der Waals surface area contributed by atoms with Crippen molar-refractivity contribution in [2.75, 3.05) is 18.0 Å². The van der Waals surface area contributed by atoms with E-state index in [-0.39, 0.29) is 6.10 Å². The normalized spacial score (nSPS) is 16.1. The summed E-state index contributed by atoms with van der Waals surface area (Å²) in [4.78, 5) is 21.4. The zero-order valence-corrected chi connectivity index (χ0v) is 12.3. The Bertz CT molecular complexity index is 870. The number of pyridine rings is 1. The number of carboxylic acid groups (broad SMARTS) is 1. The molecule has 0 aliphatic carbocycles. The zero-order chi connectivity index (χ0) is 15.8. The molecule has 1 aliphatic heterocycles.